The number of hydrogen-bond acceptors (Lipinski definition) is 5. The van der Waals surface area contributed by atoms with Gasteiger partial charge >= 0.3 is 0 Å². The van der Waals surface area contributed by atoms with E-state index in [4.69, 9.17) is 0 Å². The zero-order valence-corrected chi connectivity index (χ0v) is 15.9. The molecule has 25 heavy (non-hydrogen) atoms. The number of rotatable bonds is 5. The van der Waals surface area contributed by atoms with Gasteiger partial charge in [-0.05, 0) is 38.1 Å². The second-order valence-corrected chi connectivity index (χ2v) is 8.27. The maximum Gasteiger partial charge on any atom is 0.273 e. The quantitative estimate of drug-likeness (QED) is 0.838. The lowest BCUT2D eigenvalue weighted by Gasteiger charge is -2.32. The van der Waals surface area contributed by atoms with Crippen LogP contribution in [0.4, 0.5) is 0 Å². The van der Waals surface area contributed by atoms with Gasteiger partial charge in [0.05, 0.1) is 11.0 Å². The highest BCUT2D eigenvalue weighted by Gasteiger charge is 2.27. The van der Waals surface area contributed by atoms with Crippen molar-refractivity contribution in [2.45, 2.75) is 51.5 Å². The van der Waals surface area contributed by atoms with E-state index in [2.05, 4.69) is 29.5 Å². The van der Waals surface area contributed by atoms with Crippen LogP contribution in [0.1, 0.15) is 60.9 Å². The summed E-state index contributed by atoms with van der Waals surface area (Å²) >= 11 is 1.56. The Labute approximate surface area is 153 Å². The number of aromatic nitrogens is 1. The fourth-order valence-corrected chi connectivity index (χ4v) is 4.31. The first-order valence-electron chi connectivity index (χ1n) is 9.30. The van der Waals surface area contributed by atoms with Gasteiger partial charge in [0.1, 0.15) is 5.69 Å². The Bertz CT molecular complexity index is 610. The number of carbonyl (C=O) groups is 2. The van der Waals surface area contributed by atoms with E-state index in [0.717, 1.165) is 43.8 Å². The molecule has 7 heteroatoms. The van der Waals surface area contributed by atoms with E-state index in [0.29, 0.717) is 30.6 Å². The molecule has 6 nitrogen and oxygen atoms in total. The van der Waals surface area contributed by atoms with E-state index in [1.165, 1.54) is 0 Å². The molecular weight excluding hydrogens is 336 g/mol. The molecule has 3 rings (SSSR count). The molecule has 2 aliphatic rings. The molecule has 3 heterocycles. The number of likely N-dealkylation sites (tertiary alicyclic amines) is 1. The topological polar surface area (TPSA) is 74.3 Å². The van der Waals surface area contributed by atoms with Gasteiger partial charge in [-0.15, -0.1) is 11.3 Å². The van der Waals surface area contributed by atoms with Crippen LogP contribution in [0.15, 0.2) is 5.38 Å². The zero-order valence-electron chi connectivity index (χ0n) is 15.1. The smallest absolute Gasteiger partial charge is 0.273 e. The van der Waals surface area contributed by atoms with E-state index in [9.17, 15) is 9.59 Å². The molecule has 0 radical (unpaired) electrons. The molecule has 2 amide bonds. The van der Waals surface area contributed by atoms with Crippen LogP contribution in [0.5, 0.6) is 0 Å². The summed E-state index contributed by atoms with van der Waals surface area (Å²) in [5.74, 6) is 0.796. The number of thiazole rings is 1. The molecular formula is C18H28N4O2S. The highest BCUT2D eigenvalue weighted by Crippen LogP contribution is 2.22. The summed E-state index contributed by atoms with van der Waals surface area (Å²) in [6.45, 7) is 7.23. The molecule has 2 aliphatic heterocycles. The second kappa shape index (κ2) is 8.27. The number of nitrogens with zero attached hydrogens (tertiary/aromatic N) is 2. The molecule has 0 aliphatic carbocycles. The van der Waals surface area contributed by atoms with Gasteiger partial charge in [0.2, 0.25) is 5.91 Å². The number of amides is 2. The Morgan fingerprint density at radius 2 is 2.24 bits per heavy atom. The van der Waals surface area contributed by atoms with Crippen LogP contribution in [0.25, 0.3) is 0 Å². The molecule has 0 aromatic carbocycles. The van der Waals surface area contributed by atoms with E-state index < -0.39 is 0 Å². The van der Waals surface area contributed by atoms with Gasteiger partial charge in [0, 0.05) is 30.9 Å². The van der Waals surface area contributed by atoms with Crippen molar-refractivity contribution in [2.75, 3.05) is 26.2 Å². The predicted molar refractivity (Wildman–Crippen MR) is 98.9 cm³/mol. The number of nitrogens with one attached hydrogen (secondary N) is 2. The van der Waals surface area contributed by atoms with Crippen LogP contribution in [0, 0.1) is 5.92 Å². The van der Waals surface area contributed by atoms with Crippen molar-refractivity contribution in [1.82, 2.24) is 20.5 Å². The van der Waals surface area contributed by atoms with Crippen LogP contribution in [0.2, 0.25) is 0 Å². The summed E-state index contributed by atoms with van der Waals surface area (Å²) in [7, 11) is 0. The summed E-state index contributed by atoms with van der Waals surface area (Å²) in [6.07, 6.45) is 4.02. The lowest BCUT2D eigenvalue weighted by atomic mass is 9.97. The maximum atomic E-state index is 12.7. The fraction of sp³-hybridized carbons (Fsp3) is 0.722. The first-order chi connectivity index (χ1) is 12.0. The molecule has 138 valence electrons. The molecule has 1 aromatic rings. The Morgan fingerprint density at radius 1 is 1.40 bits per heavy atom. The van der Waals surface area contributed by atoms with Gasteiger partial charge in [0.25, 0.3) is 5.91 Å². The van der Waals surface area contributed by atoms with Gasteiger partial charge in [-0.1, -0.05) is 13.8 Å². The zero-order chi connectivity index (χ0) is 17.8. The summed E-state index contributed by atoms with van der Waals surface area (Å²) in [4.78, 5) is 31.2. The highest BCUT2D eigenvalue weighted by molar-refractivity contribution is 7.09. The lowest BCUT2D eigenvalue weighted by Crippen LogP contribution is -2.46. The van der Waals surface area contributed by atoms with E-state index >= 15 is 0 Å². The van der Waals surface area contributed by atoms with Crippen molar-refractivity contribution in [1.29, 1.82) is 0 Å². The molecule has 2 saturated heterocycles. The van der Waals surface area contributed by atoms with Crippen LogP contribution in [-0.4, -0.2) is 53.9 Å². The Kier molecular flexibility index (Phi) is 6.06. The summed E-state index contributed by atoms with van der Waals surface area (Å²) in [5, 5.41) is 9.16. The standard InChI is InChI=1S/C18H28N4O2S/c1-12(2)17-21-15(11-25-17)18(24)22-8-4-5-13(10-22)9-20-16(23)14-6-3-7-19-14/h11-14,19H,3-10H2,1-2H3,(H,20,23). The van der Waals surface area contributed by atoms with E-state index in [1.807, 2.05) is 10.3 Å². The molecule has 2 N–H and O–H groups in total. The molecule has 2 unspecified atom stereocenters. The second-order valence-electron chi connectivity index (χ2n) is 7.38. The lowest BCUT2D eigenvalue weighted by molar-refractivity contribution is -0.123. The van der Waals surface area contributed by atoms with Crippen molar-refractivity contribution in [3.05, 3.63) is 16.1 Å². The number of hydrogen-bond donors (Lipinski definition) is 2. The van der Waals surface area contributed by atoms with Gasteiger partial charge in [-0.25, -0.2) is 4.98 Å². The van der Waals surface area contributed by atoms with Crippen molar-refractivity contribution < 1.29 is 9.59 Å². The Hall–Kier alpha value is -1.47. The summed E-state index contributed by atoms with van der Waals surface area (Å²) in [5.41, 5.74) is 0.563. The van der Waals surface area contributed by atoms with Gasteiger partial charge < -0.3 is 15.5 Å². The number of carbonyl (C=O) groups excluding carboxylic acids is 2. The highest BCUT2D eigenvalue weighted by atomic mass is 32.1. The third-order valence-corrected chi connectivity index (χ3v) is 6.13. The molecule has 0 bridgehead atoms. The minimum Gasteiger partial charge on any atom is -0.354 e. The van der Waals surface area contributed by atoms with E-state index in [1.54, 1.807) is 11.3 Å². The third-order valence-electron chi connectivity index (χ3n) is 4.98. The first kappa shape index (κ1) is 18.3. The maximum absolute atomic E-state index is 12.7. The molecule has 0 saturated carbocycles. The van der Waals surface area contributed by atoms with Crippen LogP contribution in [-0.2, 0) is 4.79 Å². The molecule has 2 atom stereocenters. The first-order valence-corrected chi connectivity index (χ1v) is 10.2. The van der Waals surface area contributed by atoms with Crippen molar-refractivity contribution in [3.8, 4) is 0 Å². The average Bonchev–Trinajstić information content (AvgIpc) is 3.30. The predicted octanol–water partition coefficient (Wildman–Crippen LogP) is 1.99. The Morgan fingerprint density at radius 3 is 2.92 bits per heavy atom. The molecule has 1 aromatic heterocycles. The van der Waals surface area contributed by atoms with Crippen molar-refractivity contribution >= 4 is 23.2 Å². The summed E-state index contributed by atoms with van der Waals surface area (Å²) < 4.78 is 0. The molecule has 0 spiro atoms. The Balaban J connectivity index is 1.51. The minimum atomic E-state index is -0.0363. The third kappa shape index (κ3) is 4.58. The fourth-order valence-electron chi connectivity index (χ4n) is 3.51. The largest absolute Gasteiger partial charge is 0.354 e. The summed E-state index contributed by atoms with van der Waals surface area (Å²) in [6, 6.07) is -0.0363. The van der Waals surface area contributed by atoms with Crippen LogP contribution < -0.4 is 10.6 Å². The van der Waals surface area contributed by atoms with Gasteiger partial charge in [-0.3, -0.25) is 9.59 Å². The SMILES string of the molecule is CC(C)c1nc(C(=O)N2CCCC(CNC(=O)C3CCCN3)C2)cs1. The van der Waals surface area contributed by atoms with Crippen molar-refractivity contribution in [2.24, 2.45) is 5.92 Å². The molecule has 2 fully saturated rings. The number of piperidine rings is 1. The monoisotopic (exact) mass is 364 g/mol. The van der Waals surface area contributed by atoms with Gasteiger partial charge in [0.15, 0.2) is 0 Å². The normalized spacial score (nSPS) is 23.9. The van der Waals surface area contributed by atoms with E-state index in [-0.39, 0.29) is 17.9 Å². The average molecular weight is 365 g/mol. The van der Waals surface area contributed by atoms with Crippen molar-refractivity contribution in [3.63, 3.8) is 0 Å². The van der Waals surface area contributed by atoms with Crippen LogP contribution >= 0.6 is 11.3 Å². The van der Waals surface area contributed by atoms with Gasteiger partial charge in [-0.2, -0.15) is 0 Å². The van der Waals surface area contributed by atoms with Crippen LogP contribution in [0.3, 0.4) is 0 Å². The minimum absolute atomic E-state index is 0.0247.